The molecule has 1 N–H and O–H groups in total. The fourth-order valence-electron chi connectivity index (χ4n) is 2.33. The summed E-state index contributed by atoms with van der Waals surface area (Å²) < 4.78 is 0. The van der Waals surface area contributed by atoms with Gasteiger partial charge in [0.25, 0.3) is 5.91 Å². The van der Waals surface area contributed by atoms with Crippen LogP contribution in [-0.2, 0) is 16.2 Å². The molecule has 1 aliphatic rings. The van der Waals surface area contributed by atoms with Gasteiger partial charge in [0.2, 0.25) is 6.10 Å². The van der Waals surface area contributed by atoms with Crippen molar-refractivity contribution in [2.24, 2.45) is 5.16 Å². The van der Waals surface area contributed by atoms with E-state index in [4.69, 9.17) is 4.84 Å². The van der Waals surface area contributed by atoms with Gasteiger partial charge in [-0.25, -0.2) is 0 Å². The van der Waals surface area contributed by atoms with Crippen LogP contribution in [0.5, 0.6) is 0 Å². The molecule has 2 aromatic carbocycles. The molecule has 1 atom stereocenters. The third-order valence-corrected chi connectivity index (χ3v) is 3.66. The number of amides is 1. The van der Waals surface area contributed by atoms with Crippen LogP contribution < -0.4 is 5.32 Å². The molecule has 0 bridgehead atoms. The summed E-state index contributed by atoms with van der Waals surface area (Å²) in [6.07, 6.45) is -0.0373. The van der Waals surface area contributed by atoms with E-state index in [0.29, 0.717) is 13.0 Å². The van der Waals surface area contributed by atoms with Crippen LogP contribution in [-0.4, -0.2) is 17.7 Å². The van der Waals surface area contributed by atoms with E-state index in [2.05, 4.69) is 10.5 Å². The van der Waals surface area contributed by atoms with Crippen molar-refractivity contribution in [2.45, 2.75) is 26.0 Å². The summed E-state index contributed by atoms with van der Waals surface area (Å²) >= 11 is 0. The van der Waals surface area contributed by atoms with Crippen LogP contribution in [0.1, 0.15) is 23.1 Å². The Morgan fingerprint density at radius 3 is 2.64 bits per heavy atom. The Hall–Kier alpha value is -2.62. The molecule has 2 aromatic rings. The molecular formula is C18H18N2O2. The lowest BCUT2D eigenvalue weighted by molar-refractivity contribution is -0.131. The fraction of sp³-hybridized carbons (Fsp3) is 0.222. The second-order valence-electron chi connectivity index (χ2n) is 5.41. The zero-order valence-electron chi connectivity index (χ0n) is 12.5. The first kappa shape index (κ1) is 14.3. The highest BCUT2D eigenvalue weighted by Crippen LogP contribution is 2.16. The zero-order chi connectivity index (χ0) is 15.4. The van der Waals surface area contributed by atoms with Crippen molar-refractivity contribution in [3.8, 4) is 0 Å². The van der Waals surface area contributed by atoms with E-state index in [1.54, 1.807) is 0 Å². The van der Waals surface area contributed by atoms with Gasteiger partial charge in [0.05, 0.1) is 5.71 Å². The van der Waals surface area contributed by atoms with E-state index in [9.17, 15) is 4.79 Å². The highest BCUT2D eigenvalue weighted by Gasteiger charge is 2.28. The maximum Gasteiger partial charge on any atom is 0.264 e. The number of benzene rings is 2. The van der Waals surface area contributed by atoms with Crippen LogP contribution in [0.25, 0.3) is 0 Å². The second kappa shape index (κ2) is 6.43. The lowest BCUT2D eigenvalue weighted by Gasteiger charge is -2.09. The number of rotatable bonds is 4. The molecule has 112 valence electrons. The first-order chi connectivity index (χ1) is 10.7. The van der Waals surface area contributed by atoms with Gasteiger partial charge in [-0.1, -0.05) is 65.3 Å². The van der Waals surface area contributed by atoms with Crippen LogP contribution in [0.3, 0.4) is 0 Å². The molecule has 0 radical (unpaired) electrons. The number of aryl methyl sites for hydroxylation is 1. The Kier molecular flexibility index (Phi) is 4.19. The van der Waals surface area contributed by atoms with Crippen LogP contribution in [0, 0.1) is 6.92 Å². The average Bonchev–Trinajstić information content (AvgIpc) is 3.05. The summed E-state index contributed by atoms with van der Waals surface area (Å²) in [4.78, 5) is 17.4. The molecule has 0 fully saturated rings. The molecule has 1 heterocycles. The van der Waals surface area contributed by atoms with E-state index in [-0.39, 0.29) is 5.91 Å². The van der Waals surface area contributed by atoms with Crippen molar-refractivity contribution in [1.29, 1.82) is 0 Å². The first-order valence-corrected chi connectivity index (χ1v) is 7.34. The average molecular weight is 294 g/mol. The molecule has 4 nitrogen and oxygen atoms in total. The van der Waals surface area contributed by atoms with Crippen molar-refractivity contribution in [3.63, 3.8) is 0 Å². The Bertz CT molecular complexity index is 678. The molecular weight excluding hydrogens is 276 g/mol. The monoisotopic (exact) mass is 294 g/mol. The summed E-state index contributed by atoms with van der Waals surface area (Å²) in [5, 5.41) is 6.93. The van der Waals surface area contributed by atoms with Gasteiger partial charge in [-0.2, -0.15) is 0 Å². The largest absolute Gasteiger partial charge is 0.382 e. The normalized spacial score (nSPS) is 16.8. The highest BCUT2D eigenvalue weighted by atomic mass is 16.6. The van der Waals surface area contributed by atoms with Gasteiger partial charge >= 0.3 is 0 Å². The summed E-state index contributed by atoms with van der Waals surface area (Å²) in [5.74, 6) is -0.129. The molecule has 1 amide bonds. The highest BCUT2D eigenvalue weighted by molar-refractivity contribution is 6.04. The summed E-state index contributed by atoms with van der Waals surface area (Å²) in [6, 6.07) is 17.9. The van der Waals surface area contributed by atoms with Gasteiger partial charge in [0, 0.05) is 13.0 Å². The fourth-order valence-corrected chi connectivity index (χ4v) is 2.33. The van der Waals surface area contributed by atoms with E-state index in [1.165, 1.54) is 5.56 Å². The minimum Gasteiger partial charge on any atom is -0.382 e. The van der Waals surface area contributed by atoms with Crippen molar-refractivity contribution in [1.82, 2.24) is 5.32 Å². The van der Waals surface area contributed by atoms with Gasteiger partial charge in [-0.3, -0.25) is 4.79 Å². The summed E-state index contributed by atoms with van der Waals surface area (Å²) in [6.45, 7) is 2.54. The van der Waals surface area contributed by atoms with Gasteiger partial charge in [0.1, 0.15) is 0 Å². The number of carbonyl (C=O) groups is 1. The molecule has 1 aliphatic heterocycles. The molecule has 0 saturated carbocycles. The molecule has 22 heavy (non-hydrogen) atoms. The molecule has 0 unspecified atom stereocenters. The Morgan fingerprint density at radius 2 is 1.91 bits per heavy atom. The lowest BCUT2D eigenvalue weighted by atomic mass is 10.0. The number of hydrogen-bond donors (Lipinski definition) is 1. The van der Waals surface area contributed by atoms with Crippen LogP contribution in [0.2, 0.25) is 0 Å². The number of oxime groups is 1. The standard InChI is InChI=1S/C18H18N2O2/c1-13-7-9-14(10-8-13)12-19-18(21)17-11-16(20-22-17)15-5-3-2-4-6-15/h2-10,17H,11-12H2,1H3,(H,19,21)/t17-/m1/s1. The third-order valence-electron chi connectivity index (χ3n) is 3.66. The SMILES string of the molecule is Cc1ccc(CNC(=O)[C@H]2CC(c3ccccc3)=NO2)cc1. The maximum absolute atomic E-state index is 12.2. The third kappa shape index (κ3) is 3.34. The van der Waals surface area contributed by atoms with E-state index in [0.717, 1.165) is 16.8 Å². The zero-order valence-corrected chi connectivity index (χ0v) is 12.5. The van der Waals surface area contributed by atoms with E-state index < -0.39 is 6.10 Å². The number of nitrogens with one attached hydrogen (secondary N) is 1. The van der Waals surface area contributed by atoms with Crippen molar-refractivity contribution < 1.29 is 9.63 Å². The van der Waals surface area contributed by atoms with Gasteiger partial charge in [-0.15, -0.1) is 0 Å². The van der Waals surface area contributed by atoms with Gasteiger partial charge in [0.15, 0.2) is 0 Å². The van der Waals surface area contributed by atoms with Crippen molar-refractivity contribution in [3.05, 3.63) is 71.3 Å². The number of nitrogens with zero attached hydrogens (tertiary/aromatic N) is 1. The number of carbonyl (C=O) groups excluding carboxylic acids is 1. The Labute approximate surface area is 129 Å². The van der Waals surface area contributed by atoms with Crippen molar-refractivity contribution >= 4 is 11.6 Å². The molecule has 4 heteroatoms. The van der Waals surface area contributed by atoms with E-state index >= 15 is 0 Å². The first-order valence-electron chi connectivity index (χ1n) is 7.34. The predicted molar refractivity (Wildman–Crippen MR) is 85.5 cm³/mol. The maximum atomic E-state index is 12.2. The summed E-state index contributed by atoms with van der Waals surface area (Å²) in [5.41, 5.74) is 4.09. The molecule has 0 spiro atoms. The Morgan fingerprint density at radius 1 is 1.18 bits per heavy atom. The summed E-state index contributed by atoms with van der Waals surface area (Å²) in [7, 11) is 0. The molecule has 0 saturated heterocycles. The number of hydrogen-bond acceptors (Lipinski definition) is 3. The minimum atomic E-state index is -0.541. The molecule has 3 rings (SSSR count). The molecule has 0 aromatic heterocycles. The van der Waals surface area contributed by atoms with Crippen LogP contribution in [0.15, 0.2) is 59.8 Å². The quantitative estimate of drug-likeness (QED) is 0.942. The molecule has 0 aliphatic carbocycles. The van der Waals surface area contributed by atoms with Crippen molar-refractivity contribution in [2.75, 3.05) is 0 Å². The van der Waals surface area contributed by atoms with Gasteiger partial charge < -0.3 is 10.2 Å². The lowest BCUT2D eigenvalue weighted by Crippen LogP contribution is -2.34. The minimum absolute atomic E-state index is 0.129. The van der Waals surface area contributed by atoms with Crippen LogP contribution >= 0.6 is 0 Å². The predicted octanol–water partition coefficient (Wildman–Crippen LogP) is 2.80. The topological polar surface area (TPSA) is 50.7 Å². The second-order valence-corrected chi connectivity index (χ2v) is 5.41. The van der Waals surface area contributed by atoms with Gasteiger partial charge in [-0.05, 0) is 18.1 Å². The smallest absolute Gasteiger partial charge is 0.264 e. The van der Waals surface area contributed by atoms with Crippen LogP contribution in [0.4, 0.5) is 0 Å². The van der Waals surface area contributed by atoms with E-state index in [1.807, 2.05) is 61.5 Å². The Balaban J connectivity index is 1.53.